The van der Waals surface area contributed by atoms with Gasteiger partial charge in [0, 0.05) is 42.3 Å². The van der Waals surface area contributed by atoms with Gasteiger partial charge in [-0.15, -0.1) is 0 Å². The van der Waals surface area contributed by atoms with E-state index < -0.39 is 0 Å². The molecule has 0 unspecified atom stereocenters. The van der Waals surface area contributed by atoms with E-state index in [2.05, 4.69) is 20.3 Å². The molecule has 1 N–H and O–H groups in total. The van der Waals surface area contributed by atoms with E-state index in [4.69, 9.17) is 9.47 Å². The molecule has 3 heterocycles. The van der Waals surface area contributed by atoms with Crippen LogP contribution in [0.15, 0.2) is 30.6 Å². The highest BCUT2D eigenvalue weighted by Crippen LogP contribution is 2.16. The monoisotopic (exact) mass is 418 g/mol. The first-order valence-corrected chi connectivity index (χ1v) is 9.74. The fourth-order valence-electron chi connectivity index (χ4n) is 3.00. The average Bonchev–Trinajstić information content (AvgIpc) is 2.77. The smallest absolute Gasteiger partial charge is 0.277 e. The van der Waals surface area contributed by atoms with E-state index in [9.17, 15) is 9.59 Å². The molecule has 1 aliphatic heterocycles. The van der Waals surface area contributed by atoms with E-state index in [-0.39, 0.29) is 27.0 Å². The number of nitrogens with one attached hydrogen (secondary N) is 1. The van der Waals surface area contributed by atoms with Crippen LogP contribution in [-0.2, 0) is 14.3 Å². The number of nitrogens with zero attached hydrogens (tertiary/aromatic N) is 5. The molecule has 0 radical (unpaired) electrons. The average molecular weight is 418 g/mol. The van der Waals surface area contributed by atoms with E-state index >= 15 is 0 Å². The molecule has 0 spiro atoms. The van der Waals surface area contributed by atoms with Crippen molar-refractivity contribution in [3.63, 3.8) is 0 Å². The van der Waals surface area contributed by atoms with Crippen molar-refractivity contribution in [2.24, 2.45) is 0 Å². The molecule has 0 atom stereocenters. The fraction of sp³-hybridized carbons (Fsp3) is 0.450. The van der Waals surface area contributed by atoms with Crippen molar-refractivity contribution >= 4 is 23.5 Å². The maximum atomic E-state index is 12.6. The van der Waals surface area contributed by atoms with Gasteiger partial charge in [0.1, 0.15) is 18.2 Å². The van der Waals surface area contributed by atoms with Gasteiger partial charge in [-0.2, -0.15) is 0 Å². The van der Waals surface area contributed by atoms with Crippen molar-refractivity contribution < 1.29 is 21.9 Å². The normalized spacial score (nSPS) is 13.9. The summed E-state index contributed by atoms with van der Waals surface area (Å²) in [6.45, 7) is 4.95. The lowest BCUT2D eigenvalue weighted by molar-refractivity contribution is -0.136. The first kappa shape index (κ1) is 21.6. The predicted molar refractivity (Wildman–Crippen MR) is 115 cm³/mol. The molecule has 2 aromatic rings. The summed E-state index contributed by atoms with van der Waals surface area (Å²) in [7, 11) is 1.59. The van der Waals surface area contributed by atoms with Crippen molar-refractivity contribution in [1.29, 1.82) is 0 Å². The third-order valence-corrected chi connectivity index (χ3v) is 4.68. The van der Waals surface area contributed by atoms with Crippen LogP contribution in [0, 0.1) is 6.92 Å². The van der Waals surface area contributed by atoms with Crippen LogP contribution in [0.1, 0.15) is 19.0 Å². The minimum Gasteiger partial charge on any atom is -0.382 e. The second kappa shape index (κ2) is 10.6. The van der Waals surface area contributed by atoms with Gasteiger partial charge in [-0.25, -0.2) is 9.97 Å². The Hall–Kier alpha value is -3.11. The zero-order chi connectivity index (χ0) is 21.3. The van der Waals surface area contributed by atoms with Gasteiger partial charge in [0.2, 0.25) is 5.91 Å². The van der Waals surface area contributed by atoms with Crippen molar-refractivity contribution in [2.75, 3.05) is 63.3 Å². The van der Waals surface area contributed by atoms with Gasteiger partial charge < -0.3 is 24.6 Å². The fourth-order valence-corrected chi connectivity index (χ4v) is 3.00. The van der Waals surface area contributed by atoms with Gasteiger partial charge in [-0.1, -0.05) is 6.07 Å². The summed E-state index contributed by atoms with van der Waals surface area (Å²) in [5, 5.41) is 2.73. The Morgan fingerprint density at radius 3 is 2.67 bits per heavy atom. The number of methoxy groups -OCH3 is 1. The Balaban J connectivity index is 0.00000256. The molecule has 2 aromatic heterocycles. The van der Waals surface area contributed by atoms with Crippen LogP contribution < -0.4 is 10.2 Å². The van der Waals surface area contributed by atoms with Crippen LogP contribution in [0.5, 0.6) is 0 Å². The number of amides is 2. The van der Waals surface area contributed by atoms with Crippen LogP contribution in [0.4, 0.5) is 11.6 Å². The number of piperazine rings is 1. The zero-order valence-corrected chi connectivity index (χ0v) is 17.2. The lowest BCUT2D eigenvalue weighted by Gasteiger charge is -2.35. The molecule has 3 rings (SSSR count). The number of ether oxygens (including phenoxy) is 2. The Morgan fingerprint density at radius 2 is 1.97 bits per heavy atom. The molecule has 1 fully saturated rings. The largest absolute Gasteiger partial charge is 0.382 e. The number of carbonyl (C=O) groups is 2. The zero-order valence-electron chi connectivity index (χ0n) is 17.2. The molecule has 10 heteroatoms. The van der Waals surface area contributed by atoms with Crippen LogP contribution in [0.3, 0.4) is 0 Å². The number of rotatable bonds is 8. The molecule has 10 nitrogen and oxygen atoms in total. The number of hydrogen-bond acceptors (Lipinski definition) is 8. The number of hydrogen-bond donors (Lipinski definition) is 1. The molecule has 1 aliphatic rings. The van der Waals surface area contributed by atoms with Gasteiger partial charge in [0.15, 0.2) is 5.69 Å². The van der Waals surface area contributed by atoms with E-state index in [0.29, 0.717) is 56.7 Å². The quantitative estimate of drug-likeness (QED) is 0.638. The summed E-state index contributed by atoms with van der Waals surface area (Å²) in [5.41, 5.74) is 0.789. The maximum Gasteiger partial charge on any atom is 0.277 e. The van der Waals surface area contributed by atoms with E-state index in [1.54, 1.807) is 49.5 Å². The topological polar surface area (TPSA) is 110 Å². The number of pyridine rings is 1. The van der Waals surface area contributed by atoms with Crippen LogP contribution in [-0.4, -0.2) is 84.8 Å². The lowest BCUT2D eigenvalue weighted by atomic mass is 10.2. The summed E-state index contributed by atoms with van der Waals surface area (Å²) in [6.07, 6.45) is 3.26. The highest BCUT2D eigenvalue weighted by Gasteiger charge is 2.23. The van der Waals surface area contributed by atoms with Gasteiger partial charge in [0.25, 0.3) is 5.91 Å². The molecule has 30 heavy (non-hydrogen) atoms. The van der Waals surface area contributed by atoms with Crippen LogP contribution in [0.25, 0.3) is 0 Å². The summed E-state index contributed by atoms with van der Waals surface area (Å²) in [4.78, 5) is 41.6. The first-order valence-electron chi connectivity index (χ1n) is 9.74. The molecule has 0 saturated carbocycles. The van der Waals surface area contributed by atoms with E-state index in [0.717, 1.165) is 0 Å². The van der Waals surface area contributed by atoms with Crippen LogP contribution in [0.2, 0.25) is 0 Å². The minimum absolute atomic E-state index is 0. The van der Waals surface area contributed by atoms with Crippen molar-refractivity contribution in [3.8, 4) is 0 Å². The standard InChI is InChI=1S/C20H26N6O4.2H2/c1-15-19(20(28)23-16-5-3-4-6-21-16)24-17(13-22-15)25-7-9-26(10-8-25)18(27)14-30-12-11-29-2;;/h3-6,13H,7-12,14H2,1-2H3,(H,21,23,28);2*1H. The molecule has 164 valence electrons. The molecule has 0 aliphatic carbocycles. The van der Waals surface area contributed by atoms with Crippen LogP contribution >= 0.6 is 0 Å². The molecular formula is C20H30N6O4. The Kier molecular flexibility index (Phi) is 7.63. The SMILES string of the molecule is COCCOCC(=O)N1CCN(c2cnc(C)c(C(=O)Nc3ccccn3)n2)CC1.[HH].[HH]. The van der Waals surface area contributed by atoms with E-state index in [1.165, 1.54) is 0 Å². The van der Waals surface area contributed by atoms with Crippen molar-refractivity contribution in [3.05, 3.63) is 42.0 Å². The molecule has 0 aromatic carbocycles. The number of aryl methyl sites for hydroxylation is 1. The molecular weight excluding hydrogens is 388 g/mol. The molecule has 2 amide bonds. The highest BCUT2D eigenvalue weighted by atomic mass is 16.5. The first-order chi connectivity index (χ1) is 14.6. The number of carbonyl (C=O) groups excluding carboxylic acids is 2. The van der Waals surface area contributed by atoms with Gasteiger partial charge in [-0.3, -0.25) is 14.6 Å². The second-order valence-electron chi connectivity index (χ2n) is 6.74. The number of aromatic nitrogens is 3. The lowest BCUT2D eigenvalue weighted by Crippen LogP contribution is -2.50. The minimum atomic E-state index is -0.359. The van der Waals surface area contributed by atoms with E-state index in [1.807, 2.05) is 4.90 Å². The summed E-state index contributed by atoms with van der Waals surface area (Å²) in [6, 6.07) is 5.28. The number of anilines is 2. The van der Waals surface area contributed by atoms with Gasteiger partial charge >= 0.3 is 0 Å². The molecule has 1 saturated heterocycles. The Bertz CT molecular complexity index is 866. The van der Waals surface area contributed by atoms with Crippen molar-refractivity contribution in [2.45, 2.75) is 6.92 Å². The molecule has 0 bridgehead atoms. The Morgan fingerprint density at radius 1 is 1.17 bits per heavy atom. The predicted octanol–water partition coefficient (Wildman–Crippen LogP) is 1.24. The maximum absolute atomic E-state index is 12.6. The summed E-state index contributed by atoms with van der Waals surface area (Å²) < 4.78 is 10.2. The summed E-state index contributed by atoms with van der Waals surface area (Å²) >= 11 is 0. The second-order valence-corrected chi connectivity index (χ2v) is 6.74. The highest BCUT2D eigenvalue weighted by molar-refractivity contribution is 6.03. The van der Waals surface area contributed by atoms with Gasteiger partial charge in [-0.05, 0) is 19.1 Å². The van der Waals surface area contributed by atoms with Gasteiger partial charge in [0.05, 0.1) is 25.1 Å². The Labute approximate surface area is 178 Å². The van der Waals surface area contributed by atoms with Crippen molar-refractivity contribution in [1.82, 2.24) is 19.9 Å². The third kappa shape index (κ3) is 5.71. The summed E-state index contributed by atoms with van der Waals surface area (Å²) in [5.74, 6) is 0.655. The third-order valence-electron chi connectivity index (χ3n) is 4.68.